The van der Waals surface area contributed by atoms with E-state index in [0.717, 1.165) is 5.56 Å². The monoisotopic (exact) mass is 1050 g/mol. The minimum Gasteiger partial charge on any atom is -0.352 e. The minimum absolute atomic E-state index is 0.0267. The Hall–Kier alpha value is -5.85. The number of carbonyl (C=O) groups is 1. The third-order valence-corrected chi connectivity index (χ3v) is 15.8. The van der Waals surface area contributed by atoms with Crippen LogP contribution in [0.3, 0.4) is 0 Å². The number of imidazole rings is 3. The Kier molecular flexibility index (Phi) is 15.2. The molecule has 0 aliphatic carbocycles. The highest BCUT2D eigenvalue weighted by Crippen LogP contribution is 2.55. The summed E-state index contributed by atoms with van der Waals surface area (Å²) in [6, 6.07) is 16.8. The molecular formula is C42H43FN12O12P2S2. The summed E-state index contributed by atoms with van der Waals surface area (Å²) in [6.45, 7) is -8.69. The van der Waals surface area contributed by atoms with E-state index in [1.165, 1.54) is 42.6 Å². The van der Waals surface area contributed by atoms with Gasteiger partial charge in [0.05, 0.1) is 68.8 Å². The van der Waals surface area contributed by atoms with Gasteiger partial charge in [-0.05, 0) is 54.2 Å². The van der Waals surface area contributed by atoms with Crippen LogP contribution in [0, 0.1) is 27.4 Å². The summed E-state index contributed by atoms with van der Waals surface area (Å²) < 4.78 is 63.2. The summed E-state index contributed by atoms with van der Waals surface area (Å²) in [4.78, 5) is 70.2. The molecule has 24 nitrogen and oxygen atoms in total. The molecule has 8 atom stereocenters. The second-order valence-electron chi connectivity index (χ2n) is 16.2. The number of aromatic nitrogens is 9. The molecule has 2 saturated heterocycles. The Balaban J connectivity index is 0.932. The SMILES string of the molecule is COP(O)(=S)OC[C@H]1O[C@@H](n2cnc3c(=O)n4ccn(CCc5ccc([N+](=O)[O-])cc5)c4nc32)C[C@@H]1OP(=S)(OCCC#N)OC[C@@H]1C[C@@H](CF)[C@H](n2cnc3c(NC(=O)c4ccccc4)ncnc32)O1. The Labute approximate surface area is 411 Å². The van der Waals surface area contributed by atoms with Crippen molar-refractivity contribution >= 4 is 82.6 Å². The molecule has 7 heterocycles. The number of benzene rings is 2. The van der Waals surface area contributed by atoms with Gasteiger partial charge in [0.25, 0.3) is 17.2 Å². The fourth-order valence-corrected chi connectivity index (χ4v) is 11.0. The first-order chi connectivity index (χ1) is 34.3. The quantitative estimate of drug-likeness (QED) is 0.0378. The maximum Gasteiger partial charge on any atom is 0.327 e. The van der Waals surface area contributed by atoms with E-state index in [1.807, 2.05) is 6.07 Å². The maximum absolute atomic E-state index is 14.8. The van der Waals surface area contributed by atoms with Crippen molar-refractivity contribution in [3.63, 3.8) is 0 Å². The van der Waals surface area contributed by atoms with Crippen LogP contribution in [0.2, 0.25) is 0 Å². The third kappa shape index (κ3) is 11.0. The minimum atomic E-state index is -3.83. The summed E-state index contributed by atoms with van der Waals surface area (Å²) in [5.41, 5.74) is 1.55. The van der Waals surface area contributed by atoms with E-state index in [1.54, 1.807) is 68.6 Å². The number of halogens is 1. The number of anilines is 1. The van der Waals surface area contributed by atoms with Gasteiger partial charge in [0.15, 0.2) is 28.1 Å². The van der Waals surface area contributed by atoms with Crippen molar-refractivity contribution in [3.8, 4) is 6.07 Å². The van der Waals surface area contributed by atoms with E-state index in [-0.39, 0.29) is 72.9 Å². The van der Waals surface area contributed by atoms with E-state index in [4.69, 9.17) is 60.7 Å². The smallest absolute Gasteiger partial charge is 0.327 e. The molecule has 71 heavy (non-hydrogen) atoms. The molecule has 0 bridgehead atoms. The van der Waals surface area contributed by atoms with Crippen LogP contribution in [-0.2, 0) is 68.7 Å². The molecule has 7 aromatic rings. The Bertz CT molecular complexity index is 3280. The number of nitro groups is 1. The summed E-state index contributed by atoms with van der Waals surface area (Å²) in [5, 5.41) is 23.3. The molecule has 29 heteroatoms. The third-order valence-electron chi connectivity index (χ3n) is 11.7. The number of rotatable bonds is 21. The Morgan fingerprint density at radius 1 is 1.00 bits per heavy atom. The van der Waals surface area contributed by atoms with Crippen molar-refractivity contribution in [1.82, 2.24) is 43.0 Å². The molecule has 0 radical (unpaired) electrons. The maximum atomic E-state index is 14.8. The first-order valence-electron chi connectivity index (χ1n) is 21.8. The van der Waals surface area contributed by atoms with Crippen LogP contribution in [-0.4, -0.2) is 111 Å². The van der Waals surface area contributed by atoms with Gasteiger partial charge in [-0.15, -0.1) is 0 Å². The van der Waals surface area contributed by atoms with Crippen LogP contribution in [0.5, 0.6) is 0 Å². The highest BCUT2D eigenvalue weighted by atomic mass is 32.5. The fraction of sp³-hybridized carbons (Fsp3) is 0.381. The van der Waals surface area contributed by atoms with Crippen molar-refractivity contribution in [3.05, 3.63) is 118 Å². The van der Waals surface area contributed by atoms with Gasteiger partial charge >= 0.3 is 13.4 Å². The topological polar surface area (TPSA) is 282 Å². The Morgan fingerprint density at radius 2 is 1.77 bits per heavy atom. The molecular weight excluding hydrogens is 1010 g/mol. The van der Waals surface area contributed by atoms with Gasteiger partial charge in [-0.3, -0.25) is 33.2 Å². The number of hydrogen-bond acceptors (Lipinski definition) is 19. The molecule has 1 amide bonds. The summed E-state index contributed by atoms with van der Waals surface area (Å²) in [7, 11) is 1.20. The average molecular weight is 1050 g/mol. The van der Waals surface area contributed by atoms with Gasteiger partial charge in [0.2, 0.25) is 5.78 Å². The van der Waals surface area contributed by atoms with E-state index in [0.29, 0.717) is 24.3 Å². The highest BCUT2D eigenvalue weighted by Gasteiger charge is 2.44. The van der Waals surface area contributed by atoms with Crippen LogP contribution < -0.4 is 10.9 Å². The van der Waals surface area contributed by atoms with Gasteiger partial charge in [-0.25, -0.2) is 24.3 Å². The first-order valence-corrected chi connectivity index (χ1v) is 27.0. The summed E-state index contributed by atoms with van der Waals surface area (Å²) in [6.07, 6.45) is 3.42. The largest absolute Gasteiger partial charge is 0.352 e. The number of amides is 1. The number of aryl methyl sites for hydroxylation is 2. The molecule has 372 valence electrons. The molecule has 2 aliphatic rings. The number of nitrogens with zero attached hydrogens (tertiary/aromatic N) is 11. The second kappa shape index (κ2) is 21.5. The standard InChI is InChI=1S/C42H43FN12O12P2S2/c1-61-68(60,70)63-22-32-31(19-33(66-32)53-24-48-35-38(53)50-42-51(15-16-52(42)40(35)57)14-12-26-8-10-29(11-9-26)55(58)59)67-69(71,62-17-5-13-44)64-21-30-18-28(20-43)41(65-30)54-25-47-34-36(45-23-46-37(34)54)49-39(56)27-6-3-2-4-7-27/h2-4,6-11,15-16,23-25,28,30-33,41H,5,12,14,17-22H2,1H3,(H,60,70)(H,45,46,49,56)/t28-,30-,31-,32+,33+,41+,68?,69?/m0/s1. The summed E-state index contributed by atoms with van der Waals surface area (Å²) >= 11 is 11.0. The van der Waals surface area contributed by atoms with Gasteiger partial charge in [0.1, 0.15) is 24.9 Å². The van der Waals surface area contributed by atoms with E-state index in [9.17, 15) is 34.2 Å². The predicted molar refractivity (Wildman–Crippen MR) is 257 cm³/mol. The van der Waals surface area contributed by atoms with Gasteiger partial charge in [0, 0.05) is 56.1 Å². The van der Waals surface area contributed by atoms with Crippen LogP contribution in [0.1, 0.15) is 47.6 Å². The molecule has 2 fully saturated rings. The highest BCUT2D eigenvalue weighted by molar-refractivity contribution is 8.07. The van der Waals surface area contributed by atoms with Crippen molar-refractivity contribution in [2.75, 3.05) is 38.9 Å². The zero-order valence-corrected chi connectivity index (χ0v) is 40.8. The summed E-state index contributed by atoms with van der Waals surface area (Å²) in [5.74, 6) is -0.642. The second-order valence-corrected chi connectivity index (χ2v) is 22.1. The lowest BCUT2D eigenvalue weighted by molar-refractivity contribution is -0.384. The lowest BCUT2D eigenvalue weighted by Crippen LogP contribution is -2.29. The fourth-order valence-electron chi connectivity index (χ4n) is 8.19. The molecule has 2 aliphatic heterocycles. The normalized spacial score (nSPS) is 21.9. The predicted octanol–water partition coefficient (Wildman–Crippen LogP) is 5.69. The van der Waals surface area contributed by atoms with Crippen LogP contribution in [0.25, 0.3) is 28.1 Å². The van der Waals surface area contributed by atoms with Crippen molar-refractivity contribution in [1.29, 1.82) is 5.26 Å². The van der Waals surface area contributed by atoms with Crippen molar-refractivity contribution in [2.45, 2.75) is 63.0 Å². The van der Waals surface area contributed by atoms with Crippen LogP contribution in [0.4, 0.5) is 15.9 Å². The van der Waals surface area contributed by atoms with Gasteiger partial charge < -0.3 is 46.9 Å². The van der Waals surface area contributed by atoms with Crippen molar-refractivity contribution < 1.29 is 51.1 Å². The number of carbonyl (C=O) groups excluding carboxylic acids is 1. The van der Waals surface area contributed by atoms with E-state index >= 15 is 0 Å². The zero-order chi connectivity index (χ0) is 49.9. The molecule has 9 rings (SSSR count). The number of fused-ring (bicyclic) bond motifs is 3. The number of ether oxygens (including phenoxy) is 2. The molecule has 0 spiro atoms. The molecule has 2 N–H and O–H groups in total. The number of alkyl halides is 1. The molecule has 2 unspecified atom stereocenters. The molecule has 5 aromatic heterocycles. The van der Waals surface area contributed by atoms with E-state index in [2.05, 4.69) is 25.3 Å². The number of nitriles is 1. The lowest BCUT2D eigenvalue weighted by atomic mass is 10.1. The number of hydrogen-bond donors (Lipinski definition) is 2. The van der Waals surface area contributed by atoms with Gasteiger partial charge in [-0.2, -0.15) is 10.2 Å². The molecule has 0 saturated carbocycles. The number of nitrogens with one attached hydrogen (secondary N) is 1. The Morgan fingerprint density at radius 3 is 2.52 bits per heavy atom. The van der Waals surface area contributed by atoms with E-state index < -0.39 is 73.2 Å². The van der Waals surface area contributed by atoms with Crippen LogP contribution in [0.15, 0.2) is 90.8 Å². The van der Waals surface area contributed by atoms with Crippen LogP contribution >= 0.6 is 13.4 Å². The first kappa shape index (κ1) is 50.1. The number of non-ortho nitro benzene ring substituents is 1. The van der Waals surface area contributed by atoms with Crippen molar-refractivity contribution in [2.24, 2.45) is 5.92 Å². The molecule has 2 aromatic carbocycles. The van der Waals surface area contributed by atoms with Gasteiger partial charge in [-0.1, -0.05) is 30.3 Å². The average Bonchev–Trinajstić information content (AvgIpc) is 4.23. The number of nitro benzene ring substituents is 1. The lowest BCUT2D eigenvalue weighted by Gasteiger charge is -2.28. The zero-order valence-electron chi connectivity index (χ0n) is 37.4.